The molecule has 1 amide bonds. The third-order valence-electron chi connectivity index (χ3n) is 4.77. The van der Waals surface area contributed by atoms with Crippen LogP contribution in [0.2, 0.25) is 0 Å². The van der Waals surface area contributed by atoms with E-state index in [0.717, 1.165) is 20.9 Å². The second-order valence-corrected chi connectivity index (χ2v) is 9.55. The zero-order valence-electron chi connectivity index (χ0n) is 15.3. The first-order valence-electron chi connectivity index (χ1n) is 8.81. The first kappa shape index (κ1) is 18.9. The molecule has 1 aromatic heterocycles. The predicted octanol–water partition coefficient (Wildman–Crippen LogP) is 2.00. The van der Waals surface area contributed by atoms with Gasteiger partial charge in [-0.3, -0.25) is 4.79 Å². The van der Waals surface area contributed by atoms with E-state index in [2.05, 4.69) is 28.2 Å². The van der Waals surface area contributed by atoms with E-state index in [1.54, 1.807) is 23.5 Å². The lowest BCUT2D eigenvalue weighted by molar-refractivity contribution is -0.125. The van der Waals surface area contributed by atoms with Crippen LogP contribution in [0.25, 0.3) is 10.2 Å². The number of anilines is 1. The Bertz CT molecular complexity index is 1130. The maximum atomic E-state index is 12.3. The van der Waals surface area contributed by atoms with Crippen molar-refractivity contribution in [2.75, 3.05) is 18.0 Å². The number of hydrogen-bond donors (Lipinski definition) is 2. The summed E-state index contributed by atoms with van der Waals surface area (Å²) in [6.45, 7) is 3.70. The number of primary sulfonamides is 1. The van der Waals surface area contributed by atoms with Crippen molar-refractivity contribution in [2.24, 2.45) is 11.1 Å². The van der Waals surface area contributed by atoms with E-state index in [-0.39, 0.29) is 16.7 Å². The number of nitrogens with one attached hydrogen (secondary N) is 1. The monoisotopic (exact) mass is 416 g/mol. The van der Waals surface area contributed by atoms with Crippen molar-refractivity contribution < 1.29 is 13.2 Å². The molecule has 0 radical (unpaired) electrons. The van der Waals surface area contributed by atoms with Gasteiger partial charge in [-0.1, -0.05) is 29.5 Å². The van der Waals surface area contributed by atoms with Gasteiger partial charge in [-0.2, -0.15) is 0 Å². The fourth-order valence-electron chi connectivity index (χ4n) is 3.09. The lowest BCUT2D eigenvalue weighted by Gasteiger charge is -2.37. The SMILES string of the molecule is Cc1ccc2nc(N3CC(C(=O)NCc4ccc(S(N)(=O)=O)cc4)C3)sc2c1. The standard InChI is InChI=1S/C19H20N4O3S2/c1-12-2-7-16-17(8-12)27-19(22-16)23-10-14(11-23)18(24)21-9-13-3-5-15(6-4-13)28(20,25)26/h2-8,14H,9-11H2,1H3,(H,21,24)(H2,20,25,26). The van der Waals surface area contributed by atoms with Crippen molar-refractivity contribution in [2.45, 2.75) is 18.4 Å². The minimum atomic E-state index is -3.70. The molecule has 0 aliphatic carbocycles. The van der Waals surface area contributed by atoms with E-state index in [4.69, 9.17) is 5.14 Å². The van der Waals surface area contributed by atoms with Gasteiger partial charge in [-0.05, 0) is 42.3 Å². The molecule has 2 aromatic carbocycles. The van der Waals surface area contributed by atoms with E-state index in [1.165, 1.54) is 17.7 Å². The highest BCUT2D eigenvalue weighted by molar-refractivity contribution is 7.89. The molecule has 28 heavy (non-hydrogen) atoms. The number of nitrogens with two attached hydrogens (primary N) is 1. The number of carbonyl (C=O) groups is 1. The summed E-state index contributed by atoms with van der Waals surface area (Å²) >= 11 is 1.65. The molecule has 0 atom stereocenters. The van der Waals surface area contributed by atoms with Crippen molar-refractivity contribution in [1.82, 2.24) is 10.3 Å². The molecular weight excluding hydrogens is 396 g/mol. The minimum absolute atomic E-state index is 0.0104. The highest BCUT2D eigenvalue weighted by Gasteiger charge is 2.34. The number of benzene rings is 2. The molecule has 9 heteroatoms. The zero-order chi connectivity index (χ0) is 19.9. The predicted molar refractivity (Wildman–Crippen MR) is 110 cm³/mol. The fraction of sp³-hybridized carbons (Fsp3) is 0.263. The minimum Gasteiger partial charge on any atom is -0.352 e. The van der Waals surface area contributed by atoms with Crippen LogP contribution in [-0.2, 0) is 21.4 Å². The summed E-state index contributed by atoms with van der Waals surface area (Å²) in [5.74, 6) is -0.0823. The molecule has 3 aromatic rings. The van der Waals surface area contributed by atoms with Crippen LogP contribution in [0.3, 0.4) is 0 Å². The zero-order valence-corrected chi connectivity index (χ0v) is 16.9. The Kier molecular flexibility index (Phi) is 4.82. The molecule has 2 heterocycles. The Balaban J connectivity index is 1.31. The molecule has 0 unspecified atom stereocenters. The van der Waals surface area contributed by atoms with Crippen molar-refractivity contribution in [3.8, 4) is 0 Å². The van der Waals surface area contributed by atoms with Gasteiger partial charge in [0.25, 0.3) is 0 Å². The number of thiazole rings is 1. The van der Waals surface area contributed by atoms with E-state index in [1.807, 2.05) is 12.1 Å². The van der Waals surface area contributed by atoms with Crippen LogP contribution in [0.15, 0.2) is 47.4 Å². The van der Waals surface area contributed by atoms with Crippen LogP contribution < -0.4 is 15.4 Å². The summed E-state index contributed by atoms with van der Waals surface area (Å²) < 4.78 is 23.7. The average molecular weight is 417 g/mol. The molecular formula is C19H20N4O3S2. The molecule has 1 aliphatic heterocycles. The number of aryl methyl sites for hydroxylation is 1. The molecule has 1 aliphatic rings. The number of aromatic nitrogens is 1. The van der Waals surface area contributed by atoms with Gasteiger partial charge >= 0.3 is 0 Å². The Morgan fingerprint density at radius 3 is 2.64 bits per heavy atom. The number of fused-ring (bicyclic) bond motifs is 1. The lowest BCUT2D eigenvalue weighted by atomic mass is 10.00. The topological polar surface area (TPSA) is 105 Å². The summed E-state index contributed by atoms with van der Waals surface area (Å²) in [5.41, 5.74) is 3.01. The van der Waals surface area contributed by atoms with Gasteiger partial charge < -0.3 is 10.2 Å². The summed E-state index contributed by atoms with van der Waals surface area (Å²) in [5, 5.41) is 8.93. The molecule has 3 N–H and O–H groups in total. The molecule has 0 saturated carbocycles. The third kappa shape index (κ3) is 3.87. The second kappa shape index (κ2) is 7.16. The molecule has 146 valence electrons. The van der Waals surface area contributed by atoms with Crippen molar-refractivity contribution in [3.63, 3.8) is 0 Å². The van der Waals surface area contributed by atoms with Gasteiger partial charge in [0.05, 0.1) is 21.0 Å². The maximum absolute atomic E-state index is 12.3. The molecule has 0 bridgehead atoms. The van der Waals surface area contributed by atoms with Crippen LogP contribution >= 0.6 is 11.3 Å². The van der Waals surface area contributed by atoms with Crippen molar-refractivity contribution >= 4 is 42.6 Å². The highest BCUT2D eigenvalue weighted by atomic mass is 32.2. The average Bonchev–Trinajstić information content (AvgIpc) is 3.00. The van der Waals surface area contributed by atoms with Gasteiger partial charge in [0.15, 0.2) is 5.13 Å². The first-order chi connectivity index (χ1) is 13.3. The van der Waals surface area contributed by atoms with Crippen LogP contribution in [0.5, 0.6) is 0 Å². The van der Waals surface area contributed by atoms with Gasteiger partial charge in [0, 0.05) is 19.6 Å². The van der Waals surface area contributed by atoms with Crippen LogP contribution in [0.4, 0.5) is 5.13 Å². The van der Waals surface area contributed by atoms with E-state index < -0.39 is 10.0 Å². The Hall–Kier alpha value is -2.49. The molecule has 0 spiro atoms. The highest BCUT2D eigenvalue weighted by Crippen LogP contribution is 2.33. The van der Waals surface area contributed by atoms with Gasteiger partial charge in [0.1, 0.15) is 0 Å². The Labute approximate surface area is 167 Å². The smallest absolute Gasteiger partial charge is 0.238 e. The largest absolute Gasteiger partial charge is 0.352 e. The van der Waals surface area contributed by atoms with Gasteiger partial charge in [-0.15, -0.1) is 0 Å². The Morgan fingerprint density at radius 2 is 1.96 bits per heavy atom. The lowest BCUT2D eigenvalue weighted by Crippen LogP contribution is -2.53. The quantitative estimate of drug-likeness (QED) is 0.662. The van der Waals surface area contributed by atoms with E-state index in [9.17, 15) is 13.2 Å². The second-order valence-electron chi connectivity index (χ2n) is 6.98. The van der Waals surface area contributed by atoms with Crippen LogP contribution in [0.1, 0.15) is 11.1 Å². The third-order valence-corrected chi connectivity index (χ3v) is 6.78. The summed E-state index contributed by atoms with van der Waals surface area (Å²) in [7, 11) is -3.70. The molecule has 4 rings (SSSR count). The Morgan fingerprint density at radius 1 is 1.25 bits per heavy atom. The normalized spacial score (nSPS) is 14.9. The van der Waals surface area contributed by atoms with E-state index in [0.29, 0.717) is 19.6 Å². The van der Waals surface area contributed by atoms with Gasteiger partial charge in [-0.25, -0.2) is 18.5 Å². The van der Waals surface area contributed by atoms with Crippen molar-refractivity contribution in [1.29, 1.82) is 0 Å². The van der Waals surface area contributed by atoms with Gasteiger partial charge in [0.2, 0.25) is 15.9 Å². The summed E-state index contributed by atoms with van der Waals surface area (Å²) in [6.07, 6.45) is 0. The fourth-order valence-corrected chi connectivity index (χ4v) is 4.68. The molecule has 7 nitrogen and oxygen atoms in total. The maximum Gasteiger partial charge on any atom is 0.238 e. The summed E-state index contributed by atoms with van der Waals surface area (Å²) in [4.78, 5) is 19.2. The summed E-state index contributed by atoms with van der Waals surface area (Å²) in [6, 6.07) is 12.4. The molecule has 1 fully saturated rings. The number of carbonyl (C=O) groups excluding carboxylic acids is 1. The van der Waals surface area contributed by atoms with Crippen LogP contribution in [0, 0.1) is 12.8 Å². The number of sulfonamides is 1. The molecule has 1 saturated heterocycles. The van der Waals surface area contributed by atoms with Crippen molar-refractivity contribution in [3.05, 3.63) is 53.6 Å². The first-order valence-corrected chi connectivity index (χ1v) is 11.2. The number of hydrogen-bond acceptors (Lipinski definition) is 6. The number of nitrogens with zero attached hydrogens (tertiary/aromatic N) is 2. The number of rotatable bonds is 5. The van der Waals surface area contributed by atoms with E-state index >= 15 is 0 Å². The van der Waals surface area contributed by atoms with Crippen LogP contribution in [-0.4, -0.2) is 32.4 Å². The number of amides is 1.